The highest BCUT2D eigenvalue weighted by Crippen LogP contribution is 2.31. The lowest BCUT2D eigenvalue weighted by Crippen LogP contribution is -2.60. The van der Waals surface area contributed by atoms with Gasteiger partial charge in [0.2, 0.25) is 41.4 Å². The number of likely N-dealkylation sites (tertiary alicyclic amines) is 1. The maximum atomic E-state index is 14.9. The van der Waals surface area contributed by atoms with Gasteiger partial charge in [-0.1, -0.05) is 93.8 Å². The lowest BCUT2D eigenvalue weighted by atomic mass is 9.93. The highest BCUT2D eigenvalue weighted by Gasteiger charge is 2.45. The third-order valence-electron chi connectivity index (χ3n) is 12.6. The number of rotatable bonds is 27. The largest absolute Gasteiger partial charge is 0.481 e. The van der Waals surface area contributed by atoms with Gasteiger partial charge in [-0.2, -0.15) is 8.42 Å². The molecule has 3 aromatic carbocycles. The molecule has 1 saturated heterocycles. The van der Waals surface area contributed by atoms with Crippen molar-refractivity contribution in [1.29, 1.82) is 0 Å². The van der Waals surface area contributed by atoms with Gasteiger partial charge in [0, 0.05) is 50.0 Å². The number of amides is 7. The number of nitrogens with zero attached hydrogens (tertiary/aromatic N) is 2. The molecule has 0 saturated carbocycles. The van der Waals surface area contributed by atoms with E-state index in [0.29, 0.717) is 48.8 Å². The number of para-hydroxylation sites is 1. The van der Waals surface area contributed by atoms with Crippen molar-refractivity contribution in [1.82, 2.24) is 36.1 Å². The first kappa shape index (κ1) is 55.6. The van der Waals surface area contributed by atoms with Crippen molar-refractivity contribution in [2.75, 3.05) is 20.1 Å². The molecule has 22 heteroatoms. The van der Waals surface area contributed by atoms with Crippen LogP contribution in [0.2, 0.25) is 0 Å². The van der Waals surface area contributed by atoms with Gasteiger partial charge in [-0.3, -0.25) is 42.9 Å². The lowest BCUT2D eigenvalue weighted by Gasteiger charge is -2.33. The van der Waals surface area contributed by atoms with E-state index < -0.39 is 107 Å². The molecule has 5 rings (SSSR count). The number of hydrogen-bond donors (Lipinski definition) is 8. The third-order valence-corrected chi connectivity index (χ3v) is 13.0. The number of unbranched alkanes of at least 4 members (excludes halogenated alkanes) is 1. The molecule has 9 N–H and O–H groups in total. The van der Waals surface area contributed by atoms with E-state index in [1.165, 1.54) is 36.2 Å². The summed E-state index contributed by atoms with van der Waals surface area (Å²) in [6.07, 6.45) is 4.03. The van der Waals surface area contributed by atoms with E-state index in [9.17, 15) is 51.9 Å². The minimum atomic E-state index is -4.71. The number of H-pyrrole nitrogens is 1. The number of nitrogens with two attached hydrogens (primary N) is 1. The van der Waals surface area contributed by atoms with E-state index in [2.05, 4.69) is 30.4 Å². The summed E-state index contributed by atoms with van der Waals surface area (Å²) in [4.78, 5) is 114. The Balaban J connectivity index is 1.32. The lowest BCUT2D eigenvalue weighted by molar-refractivity contribution is -0.147. The van der Waals surface area contributed by atoms with E-state index >= 15 is 0 Å². The van der Waals surface area contributed by atoms with Crippen molar-refractivity contribution in [3.8, 4) is 5.75 Å². The summed E-state index contributed by atoms with van der Waals surface area (Å²) in [5.41, 5.74) is 8.49. The number of aryl methyl sites for hydroxylation is 1. The average Bonchev–Trinajstić information content (AvgIpc) is 3.96. The summed E-state index contributed by atoms with van der Waals surface area (Å²) in [5.74, 6) is -6.95. The Morgan fingerprint density at radius 2 is 1.53 bits per heavy atom. The molecule has 1 aromatic heterocycles. The first-order valence-electron chi connectivity index (χ1n) is 23.9. The predicted octanol–water partition coefficient (Wildman–Crippen LogP) is 2.33. The number of aromatic nitrogens is 1. The second-order valence-electron chi connectivity index (χ2n) is 17.8. The SMILES string of the molecule is CCCC[C@H](NC(=O)CCc1ccc(OS(=O)(=O)O)cc1)C(=O)NCC(=O)N[C@@H](Cc1c[nH]c2ccccc12)C(=O)N1CC[C@H](CCC)[C@H]1C(=O)N[C@@H](CC(=O)O)C(=O)N(C)[C@@H](Cc1ccccc1)C(N)=O. The standard InChI is InChI=1S/C50H64N8O13S/c1-4-6-16-38(54-42(59)23-20-31-18-21-35(22-19-31)71-72(68,69)70)47(64)53-30-43(60)55-39(27-34-29-52-37-17-11-10-15-36(34)37)50(67)58-25-24-33(12-5-2)45(58)48(65)56-40(28-44(61)62)49(66)57(3)41(46(51)63)26-32-13-8-7-9-14-32/h7-11,13-15,17-19,21-22,29,33,38-41,45,52H,4-6,12,16,20,23-28,30H2,1-3H3,(H2,51,63)(H,53,64)(H,54,59)(H,55,60)(H,56,65)(H,61,62)(H,68,69,70)/t33-,38-,39-,40-,41-,45-/m0/s1. The number of aromatic amines is 1. The number of carboxylic acid groups (broad SMARTS) is 1. The molecule has 0 radical (unpaired) electrons. The highest BCUT2D eigenvalue weighted by atomic mass is 32.3. The van der Waals surface area contributed by atoms with Crippen LogP contribution in [0.1, 0.15) is 81.9 Å². The van der Waals surface area contributed by atoms with Crippen LogP contribution in [-0.2, 0) is 68.0 Å². The number of nitrogens with one attached hydrogen (secondary N) is 5. The average molecular weight is 1020 g/mol. The molecule has 388 valence electrons. The summed E-state index contributed by atoms with van der Waals surface area (Å²) in [5, 5.41) is 21.3. The molecule has 4 aromatic rings. The number of likely N-dealkylation sites (N-methyl/N-ethyl adjacent to an activating group) is 1. The Morgan fingerprint density at radius 1 is 0.847 bits per heavy atom. The third kappa shape index (κ3) is 16.1. The number of carbonyl (C=O) groups excluding carboxylic acids is 7. The second-order valence-corrected chi connectivity index (χ2v) is 18.9. The molecular formula is C50H64N8O13S. The van der Waals surface area contributed by atoms with E-state index in [0.717, 1.165) is 15.8 Å². The molecule has 0 aliphatic carbocycles. The zero-order valence-electron chi connectivity index (χ0n) is 40.5. The van der Waals surface area contributed by atoms with E-state index in [4.69, 9.17) is 10.3 Å². The number of carbonyl (C=O) groups is 8. The van der Waals surface area contributed by atoms with Crippen molar-refractivity contribution in [3.63, 3.8) is 0 Å². The van der Waals surface area contributed by atoms with Crippen LogP contribution in [0, 0.1) is 5.92 Å². The van der Waals surface area contributed by atoms with Crippen LogP contribution in [0.25, 0.3) is 10.9 Å². The molecule has 1 fully saturated rings. The van der Waals surface area contributed by atoms with Crippen molar-refractivity contribution in [2.24, 2.45) is 11.7 Å². The smallest absolute Gasteiger partial charge is 0.446 e. The molecule has 0 bridgehead atoms. The molecular weight excluding hydrogens is 953 g/mol. The summed E-state index contributed by atoms with van der Waals surface area (Å²) in [6.45, 7) is 3.32. The fourth-order valence-electron chi connectivity index (χ4n) is 8.92. The van der Waals surface area contributed by atoms with Crippen LogP contribution < -0.4 is 31.2 Å². The summed E-state index contributed by atoms with van der Waals surface area (Å²) in [7, 11) is -3.41. The van der Waals surface area contributed by atoms with Crippen LogP contribution >= 0.6 is 0 Å². The molecule has 6 atom stereocenters. The normalized spacial score (nSPS) is 16.1. The van der Waals surface area contributed by atoms with Gasteiger partial charge < -0.3 is 51.1 Å². The van der Waals surface area contributed by atoms with Crippen molar-refractivity contribution < 1.29 is 60.6 Å². The van der Waals surface area contributed by atoms with Crippen LogP contribution in [0.4, 0.5) is 0 Å². The van der Waals surface area contributed by atoms with Gasteiger partial charge in [0.1, 0.15) is 36.0 Å². The Kier molecular flexibility index (Phi) is 20.2. The predicted molar refractivity (Wildman–Crippen MR) is 264 cm³/mol. The van der Waals surface area contributed by atoms with Gasteiger partial charge >= 0.3 is 16.4 Å². The monoisotopic (exact) mass is 1020 g/mol. The summed E-state index contributed by atoms with van der Waals surface area (Å²) < 4.78 is 35.3. The fourth-order valence-corrected chi connectivity index (χ4v) is 9.27. The van der Waals surface area contributed by atoms with Crippen molar-refractivity contribution in [3.05, 3.63) is 102 Å². The molecule has 1 aliphatic heterocycles. The summed E-state index contributed by atoms with van der Waals surface area (Å²) in [6, 6.07) is 15.4. The molecule has 0 spiro atoms. The van der Waals surface area contributed by atoms with Gasteiger partial charge in [0.05, 0.1) is 13.0 Å². The minimum absolute atomic E-state index is 0.0282. The van der Waals surface area contributed by atoms with Crippen LogP contribution in [0.3, 0.4) is 0 Å². The van der Waals surface area contributed by atoms with E-state index in [-0.39, 0.29) is 44.4 Å². The molecule has 1 aliphatic rings. The second kappa shape index (κ2) is 26.2. The number of primary amides is 1. The Hall–Kier alpha value is -7.33. The minimum Gasteiger partial charge on any atom is -0.481 e. The van der Waals surface area contributed by atoms with Crippen molar-refractivity contribution in [2.45, 2.75) is 115 Å². The van der Waals surface area contributed by atoms with Crippen LogP contribution in [-0.4, -0.2) is 131 Å². The zero-order chi connectivity index (χ0) is 52.5. The molecule has 72 heavy (non-hydrogen) atoms. The maximum Gasteiger partial charge on any atom is 0.446 e. The van der Waals surface area contributed by atoms with Crippen molar-refractivity contribution >= 4 is 68.6 Å². The van der Waals surface area contributed by atoms with Crippen LogP contribution in [0.5, 0.6) is 5.75 Å². The fraction of sp³-hybridized carbons (Fsp3) is 0.440. The zero-order valence-corrected chi connectivity index (χ0v) is 41.3. The molecule has 0 unspecified atom stereocenters. The highest BCUT2D eigenvalue weighted by molar-refractivity contribution is 7.81. The number of carboxylic acids is 1. The Bertz CT molecular complexity index is 2660. The number of aliphatic carboxylic acids is 1. The first-order valence-corrected chi connectivity index (χ1v) is 25.2. The van der Waals surface area contributed by atoms with E-state index in [1.807, 2.05) is 38.1 Å². The van der Waals surface area contributed by atoms with Gasteiger partial charge in [-0.05, 0) is 66.5 Å². The Morgan fingerprint density at radius 3 is 2.18 bits per heavy atom. The van der Waals surface area contributed by atoms with Crippen LogP contribution in [0.15, 0.2) is 85.1 Å². The van der Waals surface area contributed by atoms with Gasteiger partial charge in [-0.15, -0.1) is 0 Å². The Labute approximate surface area is 417 Å². The molecule has 7 amide bonds. The number of benzene rings is 3. The quantitative estimate of drug-likeness (QED) is 0.0399. The topological polar surface area (TPSA) is 317 Å². The summed E-state index contributed by atoms with van der Waals surface area (Å²) >= 11 is 0. The molecule has 2 heterocycles. The molecule has 21 nitrogen and oxygen atoms in total. The van der Waals surface area contributed by atoms with E-state index in [1.54, 1.807) is 36.5 Å². The number of hydrogen-bond acceptors (Lipinski definition) is 11. The van der Waals surface area contributed by atoms with Gasteiger partial charge in [0.15, 0.2) is 0 Å². The number of fused-ring (bicyclic) bond motifs is 1. The van der Waals surface area contributed by atoms with Gasteiger partial charge in [-0.25, -0.2) is 0 Å². The maximum absolute atomic E-state index is 14.9. The first-order chi connectivity index (χ1) is 34.3. The van der Waals surface area contributed by atoms with Gasteiger partial charge in [0.25, 0.3) is 0 Å².